The molecule has 1 atom stereocenters. The van der Waals surface area contributed by atoms with Crippen molar-refractivity contribution < 1.29 is 9.90 Å². The van der Waals surface area contributed by atoms with Gasteiger partial charge in [0.15, 0.2) is 5.78 Å². The van der Waals surface area contributed by atoms with Crippen molar-refractivity contribution in [1.82, 2.24) is 9.47 Å². The molecule has 0 saturated carbocycles. The number of rotatable bonds is 3. The molecule has 2 rings (SSSR count). The van der Waals surface area contributed by atoms with Crippen LogP contribution in [0.5, 0.6) is 0 Å². The van der Waals surface area contributed by atoms with Gasteiger partial charge in [-0.15, -0.1) is 0 Å². The molecule has 0 radical (unpaired) electrons. The third-order valence-electron chi connectivity index (χ3n) is 2.77. The zero-order valence-corrected chi connectivity index (χ0v) is 8.89. The van der Waals surface area contributed by atoms with Gasteiger partial charge < -0.3 is 9.67 Å². The average Bonchev–Trinajstić information content (AvgIpc) is 2.75. The van der Waals surface area contributed by atoms with Crippen LogP contribution in [0.3, 0.4) is 0 Å². The van der Waals surface area contributed by atoms with Crippen LogP contribution < -0.4 is 0 Å². The molecule has 1 N–H and O–H groups in total. The number of carbonyl (C=O) groups excluding carboxylic acids is 1. The number of aliphatic hydroxyl groups excluding tert-OH is 1. The summed E-state index contributed by atoms with van der Waals surface area (Å²) in [5.41, 5.74) is 0.749. The number of hydrogen-bond acceptors (Lipinski definition) is 3. The number of aliphatic hydroxyl groups is 1. The van der Waals surface area contributed by atoms with Crippen molar-refractivity contribution in [2.24, 2.45) is 7.05 Å². The van der Waals surface area contributed by atoms with E-state index < -0.39 is 0 Å². The van der Waals surface area contributed by atoms with Gasteiger partial charge in [0.1, 0.15) is 0 Å². The van der Waals surface area contributed by atoms with E-state index in [-0.39, 0.29) is 11.9 Å². The number of ketones is 1. The summed E-state index contributed by atoms with van der Waals surface area (Å²) in [4.78, 5) is 13.8. The van der Waals surface area contributed by atoms with Gasteiger partial charge in [0.2, 0.25) is 0 Å². The van der Waals surface area contributed by atoms with Crippen LogP contribution in [0.4, 0.5) is 0 Å². The van der Waals surface area contributed by atoms with Crippen LogP contribution in [-0.2, 0) is 7.05 Å². The molecule has 0 amide bonds. The maximum Gasteiger partial charge on any atom is 0.178 e. The van der Waals surface area contributed by atoms with Crippen molar-refractivity contribution in [3.8, 4) is 0 Å². The van der Waals surface area contributed by atoms with Crippen LogP contribution in [-0.4, -0.2) is 46.1 Å². The highest BCUT2D eigenvalue weighted by molar-refractivity contribution is 5.97. The second-order valence-electron chi connectivity index (χ2n) is 4.17. The van der Waals surface area contributed by atoms with E-state index in [1.54, 1.807) is 0 Å². The molecular formula is C11H16N2O2. The van der Waals surface area contributed by atoms with Crippen molar-refractivity contribution in [3.05, 3.63) is 24.0 Å². The second kappa shape index (κ2) is 4.16. The van der Waals surface area contributed by atoms with Crippen LogP contribution in [0, 0.1) is 0 Å². The standard InChI is InChI=1S/C11H16N2O2/c1-12-4-2-9(6-12)11(15)8-13-5-3-10(14)7-13/h2,4,6,10,14H,3,5,7-8H2,1H3. The van der Waals surface area contributed by atoms with Gasteiger partial charge in [-0.1, -0.05) is 0 Å². The molecule has 4 nitrogen and oxygen atoms in total. The largest absolute Gasteiger partial charge is 0.392 e. The highest BCUT2D eigenvalue weighted by Gasteiger charge is 2.22. The minimum atomic E-state index is -0.256. The minimum Gasteiger partial charge on any atom is -0.392 e. The van der Waals surface area contributed by atoms with Crippen molar-refractivity contribution in [2.45, 2.75) is 12.5 Å². The summed E-state index contributed by atoms with van der Waals surface area (Å²) in [7, 11) is 1.90. The van der Waals surface area contributed by atoms with E-state index in [9.17, 15) is 9.90 Å². The van der Waals surface area contributed by atoms with Gasteiger partial charge in [-0.25, -0.2) is 0 Å². The number of nitrogens with zero attached hydrogens (tertiary/aromatic N) is 2. The van der Waals surface area contributed by atoms with Crippen LogP contribution in [0.1, 0.15) is 16.8 Å². The minimum absolute atomic E-state index is 0.129. The average molecular weight is 208 g/mol. The first kappa shape index (κ1) is 10.4. The fraction of sp³-hybridized carbons (Fsp3) is 0.545. The Morgan fingerprint density at radius 2 is 2.47 bits per heavy atom. The molecular weight excluding hydrogens is 192 g/mol. The van der Waals surface area contributed by atoms with Gasteiger partial charge in [-0.2, -0.15) is 0 Å². The van der Waals surface area contributed by atoms with Crippen LogP contribution in [0.15, 0.2) is 18.5 Å². The predicted molar refractivity (Wildman–Crippen MR) is 56.8 cm³/mol. The monoisotopic (exact) mass is 208 g/mol. The highest BCUT2D eigenvalue weighted by atomic mass is 16.3. The van der Waals surface area contributed by atoms with Crippen molar-refractivity contribution in [1.29, 1.82) is 0 Å². The van der Waals surface area contributed by atoms with Crippen molar-refractivity contribution in [3.63, 3.8) is 0 Å². The van der Waals surface area contributed by atoms with Crippen molar-refractivity contribution >= 4 is 5.78 Å². The molecule has 1 aliphatic heterocycles. The predicted octanol–water partition coefficient (Wildman–Crippen LogP) is 0.274. The maximum atomic E-state index is 11.8. The van der Waals surface area contributed by atoms with Gasteiger partial charge in [-0.05, 0) is 12.5 Å². The Labute approximate surface area is 89.1 Å². The molecule has 0 aliphatic carbocycles. The zero-order chi connectivity index (χ0) is 10.8. The maximum absolute atomic E-state index is 11.8. The topological polar surface area (TPSA) is 45.5 Å². The number of hydrogen-bond donors (Lipinski definition) is 1. The first-order chi connectivity index (χ1) is 7.15. The number of likely N-dealkylation sites (tertiary alicyclic amines) is 1. The van der Waals surface area contributed by atoms with E-state index in [1.165, 1.54) is 0 Å². The lowest BCUT2D eigenvalue weighted by atomic mass is 10.2. The lowest BCUT2D eigenvalue weighted by Gasteiger charge is -2.12. The molecule has 15 heavy (non-hydrogen) atoms. The third-order valence-corrected chi connectivity index (χ3v) is 2.77. The van der Waals surface area contributed by atoms with Crippen LogP contribution >= 0.6 is 0 Å². The number of Topliss-reactive ketones (excluding diaryl/α,β-unsaturated/α-hetero) is 1. The van der Waals surface area contributed by atoms with Gasteiger partial charge in [0, 0.05) is 38.1 Å². The number of aromatic nitrogens is 1. The number of carbonyl (C=O) groups is 1. The highest BCUT2D eigenvalue weighted by Crippen LogP contribution is 2.10. The molecule has 0 aromatic carbocycles. The van der Waals surface area contributed by atoms with E-state index in [0.717, 1.165) is 18.5 Å². The summed E-state index contributed by atoms with van der Waals surface area (Å²) in [6, 6.07) is 1.83. The lowest BCUT2D eigenvalue weighted by molar-refractivity contribution is 0.0935. The molecule has 0 spiro atoms. The first-order valence-corrected chi connectivity index (χ1v) is 5.21. The fourth-order valence-electron chi connectivity index (χ4n) is 1.92. The molecule has 4 heteroatoms. The van der Waals surface area contributed by atoms with E-state index in [2.05, 4.69) is 0 Å². The molecule has 1 unspecified atom stereocenters. The molecule has 1 aliphatic rings. The van der Waals surface area contributed by atoms with Crippen LogP contribution in [0.25, 0.3) is 0 Å². The normalized spacial score (nSPS) is 22.1. The summed E-state index contributed by atoms with van der Waals surface area (Å²) in [5, 5.41) is 9.33. The molecule has 1 fully saturated rings. The van der Waals surface area contributed by atoms with E-state index >= 15 is 0 Å². The summed E-state index contributed by atoms with van der Waals surface area (Å²) in [6.45, 7) is 1.86. The Bertz CT molecular complexity index is 359. The van der Waals surface area contributed by atoms with Gasteiger partial charge >= 0.3 is 0 Å². The number of aryl methyl sites for hydroxylation is 1. The quantitative estimate of drug-likeness (QED) is 0.725. The van der Waals surface area contributed by atoms with Gasteiger partial charge in [0.05, 0.1) is 12.6 Å². The Morgan fingerprint density at radius 1 is 1.67 bits per heavy atom. The Kier molecular flexibility index (Phi) is 2.88. The lowest BCUT2D eigenvalue weighted by Crippen LogP contribution is -2.28. The molecule has 1 saturated heterocycles. The summed E-state index contributed by atoms with van der Waals surface area (Å²) in [5.74, 6) is 0.129. The fourth-order valence-corrected chi connectivity index (χ4v) is 1.92. The Balaban J connectivity index is 1.92. The van der Waals surface area contributed by atoms with E-state index in [1.807, 2.05) is 35.0 Å². The first-order valence-electron chi connectivity index (χ1n) is 5.21. The Morgan fingerprint density at radius 3 is 3.00 bits per heavy atom. The van der Waals surface area contributed by atoms with Gasteiger partial charge in [0.25, 0.3) is 0 Å². The molecule has 82 valence electrons. The zero-order valence-electron chi connectivity index (χ0n) is 8.89. The van der Waals surface area contributed by atoms with Crippen molar-refractivity contribution in [2.75, 3.05) is 19.6 Å². The Hall–Kier alpha value is -1.13. The van der Waals surface area contributed by atoms with E-state index in [0.29, 0.717) is 13.1 Å². The SMILES string of the molecule is Cn1ccc(C(=O)CN2CCC(O)C2)c1. The second-order valence-corrected chi connectivity index (χ2v) is 4.17. The number of β-amino-alcohol motifs (C(OH)–C–C–N with tert-alkyl or cyclic N) is 1. The molecule has 0 bridgehead atoms. The summed E-state index contributed by atoms with van der Waals surface area (Å²) < 4.78 is 1.87. The molecule has 1 aromatic heterocycles. The summed E-state index contributed by atoms with van der Waals surface area (Å²) in [6.07, 6.45) is 4.22. The van der Waals surface area contributed by atoms with E-state index in [4.69, 9.17) is 0 Å². The summed E-state index contributed by atoms with van der Waals surface area (Å²) >= 11 is 0. The molecule has 1 aromatic rings. The smallest absolute Gasteiger partial charge is 0.178 e. The van der Waals surface area contributed by atoms with Gasteiger partial charge in [-0.3, -0.25) is 9.69 Å². The van der Waals surface area contributed by atoms with Crippen LogP contribution in [0.2, 0.25) is 0 Å². The molecule has 2 heterocycles. The third kappa shape index (κ3) is 2.46.